The minimum Gasteiger partial charge on any atom is -0.394 e. The van der Waals surface area contributed by atoms with Crippen molar-refractivity contribution in [2.45, 2.75) is 83.3 Å². The summed E-state index contributed by atoms with van der Waals surface area (Å²) in [6, 6.07) is 0. The highest BCUT2D eigenvalue weighted by atomic mass is 16.4. The molecule has 0 aromatic rings. The van der Waals surface area contributed by atoms with Gasteiger partial charge in [-0.2, -0.15) is 0 Å². The van der Waals surface area contributed by atoms with Gasteiger partial charge in [0.05, 0.1) is 6.61 Å². The van der Waals surface area contributed by atoms with Gasteiger partial charge in [-0.1, -0.05) is 74.1 Å². The lowest BCUT2D eigenvalue weighted by Gasteiger charge is -2.13. The predicted molar refractivity (Wildman–Crippen MR) is 122 cm³/mol. The highest BCUT2D eigenvalue weighted by Crippen LogP contribution is 2.07. The molecular formula is C25H40O4. The standard InChI is InChI=1S/C25H40O4/c1-2-3-4-5-6-7-8-9-10-11-12-13-14-15-16-17-18-19-20-21-23(27)25(29)24(28)22-26/h3-4,6-7,9-10,12-13,15-16,24-26,28-29H,2,5,8,11,14,17-22H2,1H3. The lowest BCUT2D eigenvalue weighted by molar-refractivity contribution is -0.134. The van der Waals surface area contributed by atoms with E-state index in [1.807, 2.05) is 0 Å². The lowest BCUT2D eigenvalue weighted by atomic mass is 10.0. The van der Waals surface area contributed by atoms with Crippen molar-refractivity contribution < 1.29 is 20.1 Å². The highest BCUT2D eigenvalue weighted by Gasteiger charge is 2.22. The molecule has 4 heteroatoms. The Balaban J connectivity index is 3.56. The fourth-order valence-electron chi connectivity index (χ4n) is 2.57. The molecule has 0 aliphatic rings. The maximum absolute atomic E-state index is 11.6. The molecule has 29 heavy (non-hydrogen) atoms. The van der Waals surface area contributed by atoms with Gasteiger partial charge >= 0.3 is 0 Å². The van der Waals surface area contributed by atoms with Crippen molar-refractivity contribution in [3.8, 4) is 0 Å². The molecule has 2 unspecified atom stereocenters. The minimum absolute atomic E-state index is 0.240. The number of allylic oxidation sites excluding steroid dienone is 10. The van der Waals surface area contributed by atoms with Crippen LogP contribution in [0.1, 0.15) is 71.1 Å². The second-order valence-electron chi connectivity index (χ2n) is 6.97. The summed E-state index contributed by atoms with van der Waals surface area (Å²) in [5, 5.41) is 27.4. The molecule has 0 aromatic heterocycles. The summed E-state index contributed by atoms with van der Waals surface area (Å²) in [4.78, 5) is 11.6. The van der Waals surface area contributed by atoms with Crippen LogP contribution < -0.4 is 0 Å². The molecule has 0 aliphatic heterocycles. The lowest BCUT2D eigenvalue weighted by Crippen LogP contribution is -2.36. The normalized spacial score (nSPS) is 14.9. The Hall–Kier alpha value is -1.75. The molecule has 4 nitrogen and oxygen atoms in total. The van der Waals surface area contributed by atoms with Gasteiger partial charge in [-0.3, -0.25) is 4.79 Å². The van der Waals surface area contributed by atoms with Gasteiger partial charge in [-0.15, -0.1) is 0 Å². The smallest absolute Gasteiger partial charge is 0.164 e. The number of hydrogen-bond acceptors (Lipinski definition) is 4. The number of carbonyl (C=O) groups is 1. The number of hydrogen-bond donors (Lipinski definition) is 3. The topological polar surface area (TPSA) is 77.8 Å². The quantitative estimate of drug-likeness (QED) is 0.223. The van der Waals surface area contributed by atoms with Crippen LogP contribution in [0.15, 0.2) is 60.8 Å². The molecule has 0 spiro atoms. The number of rotatable bonds is 18. The Morgan fingerprint density at radius 2 is 1.21 bits per heavy atom. The van der Waals surface area contributed by atoms with E-state index in [4.69, 9.17) is 5.11 Å². The first kappa shape index (κ1) is 27.2. The molecule has 0 saturated carbocycles. The zero-order chi connectivity index (χ0) is 21.6. The number of aliphatic hydroxyl groups is 3. The van der Waals surface area contributed by atoms with Crippen molar-refractivity contribution in [1.82, 2.24) is 0 Å². The van der Waals surface area contributed by atoms with Crippen molar-refractivity contribution in [3.05, 3.63) is 60.8 Å². The molecule has 0 rings (SSSR count). The zero-order valence-corrected chi connectivity index (χ0v) is 18.0. The van der Waals surface area contributed by atoms with Gasteiger partial charge in [0.25, 0.3) is 0 Å². The highest BCUT2D eigenvalue weighted by molar-refractivity contribution is 5.83. The monoisotopic (exact) mass is 404 g/mol. The third kappa shape index (κ3) is 18.0. The maximum atomic E-state index is 11.6. The molecule has 0 amide bonds. The van der Waals surface area contributed by atoms with Crippen LogP contribution in [0.4, 0.5) is 0 Å². The minimum atomic E-state index is -1.47. The second kappa shape index (κ2) is 21.0. The molecule has 0 heterocycles. The summed E-state index contributed by atoms with van der Waals surface area (Å²) in [5.41, 5.74) is 0. The van der Waals surface area contributed by atoms with E-state index in [2.05, 4.69) is 67.7 Å². The Morgan fingerprint density at radius 3 is 1.69 bits per heavy atom. The van der Waals surface area contributed by atoms with Gasteiger partial charge in [0.15, 0.2) is 5.78 Å². The predicted octanol–water partition coefficient (Wildman–Crippen LogP) is 4.97. The number of carbonyl (C=O) groups excluding carboxylic acids is 1. The average Bonchev–Trinajstić information content (AvgIpc) is 2.74. The molecule has 2 atom stereocenters. The molecule has 164 valence electrons. The van der Waals surface area contributed by atoms with E-state index in [-0.39, 0.29) is 6.42 Å². The van der Waals surface area contributed by atoms with Crippen LogP contribution in [0.5, 0.6) is 0 Å². The van der Waals surface area contributed by atoms with Gasteiger partial charge in [0, 0.05) is 6.42 Å². The SMILES string of the molecule is CCC=CCC=CCC=CCC=CCC=CCCCCCC(=O)C(O)C(O)CO. The number of ketones is 1. The van der Waals surface area contributed by atoms with Gasteiger partial charge in [0.1, 0.15) is 12.2 Å². The number of unbranched alkanes of at least 4 members (excludes halogenated alkanes) is 3. The third-order valence-corrected chi connectivity index (χ3v) is 4.33. The molecule has 0 radical (unpaired) electrons. The van der Waals surface area contributed by atoms with Crippen molar-refractivity contribution in [2.75, 3.05) is 6.61 Å². The van der Waals surface area contributed by atoms with Gasteiger partial charge in [0.2, 0.25) is 0 Å². The van der Waals surface area contributed by atoms with Crippen LogP contribution in [0.25, 0.3) is 0 Å². The second-order valence-corrected chi connectivity index (χ2v) is 6.97. The van der Waals surface area contributed by atoms with Crippen LogP contribution in [0.3, 0.4) is 0 Å². The van der Waals surface area contributed by atoms with Crippen LogP contribution in [-0.2, 0) is 4.79 Å². The van der Waals surface area contributed by atoms with E-state index in [0.29, 0.717) is 6.42 Å². The molecule has 3 N–H and O–H groups in total. The molecule has 0 bridgehead atoms. The maximum Gasteiger partial charge on any atom is 0.164 e. The van der Waals surface area contributed by atoms with Crippen molar-refractivity contribution in [2.24, 2.45) is 0 Å². The number of Topliss-reactive ketones (excluding diaryl/α,β-unsaturated/α-hetero) is 1. The fourth-order valence-corrected chi connectivity index (χ4v) is 2.57. The average molecular weight is 405 g/mol. The van der Waals surface area contributed by atoms with Crippen LogP contribution in [0.2, 0.25) is 0 Å². The summed E-state index contributed by atoms with van der Waals surface area (Å²) >= 11 is 0. The molecule has 0 saturated heterocycles. The van der Waals surface area contributed by atoms with Crippen LogP contribution in [0, 0.1) is 0 Å². The van der Waals surface area contributed by atoms with E-state index < -0.39 is 24.6 Å². The van der Waals surface area contributed by atoms with Gasteiger partial charge in [-0.05, 0) is 51.4 Å². The van der Waals surface area contributed by atoms with E-state index >= 15 is 0 Å². The first-order valence-corrected chi connectivity index (χ1v) is 10.9. The van der Waals surface area contributed by atoms with E-state index in [0.717, 1.165) is 51.4 Å². The van der Waals surface area contributed by atoms with Gasteiger partial charge in [-0.25, -0.2) is 0 Å². The van der Waals surface area contributed by atoms with Crippen molar-refractivity contribution in [3.63, 3.8) is 0 Å². The molecule has 0 fully saturated rings. The van der Waals surface area contributed by atoms with E-state index in [1.54, 1.807) is 0 Å². The van der Waals surface area contributed by atoms with E-state index in [1.165, 1.54) is 0 Å². The van der Waals surface area contributed by atoms with Crippen LogP contribution in [-0.4, -0.2) is 39.9 Å². The van der Waals surface area contributed by atoms with Crippen molar-refractivity contribution in [1.29, 1.82) is 0 Å². The summed E-state index contributed by atoms with van der Waals surface area (Å²) in [5.74, 6) is -0.401. The van der Waals surface area contributed by atoms with E-state index in [9.17, 15) is 15.0 Å². The summed E-state index contributed by atoms with van der Waals surface area (Å²) < 4.78 is 0. The zero-order valence-electron chi connectivity index (χ0n) is 18.0. The molecule has 0 aromatic carbocycles. The summed E-state index contributed by atoms with van der Waals surface area (Å²) in [6.07, 6.45) is 27.8. The van der Waals surface area contributed by atoms with Crippen LogP contribution >= 0.6 is 0 Å². The third-order valence-electron chi connectivity index (χ3n) is 4.33. The molecule has 0 aliphatic carbocycles. The Kier molecular flexibility index (Phi) is 19.7. The fraction of sp³-hybridized carbons (Fsp3) is 0.560. The summed E-state index contributed by atoms with van der Waals surface area (Å²) in [7, 11) is 0. The number of aliphatic hydroxyl groups excluding tert-OH is 3. The molecular weight excluding hydrogens is 364 g/mol. The largest absolute Gasteiger partial charge is 0.394 e. The first-order chi connectivity index (χ1) is 14.1. The summed E-state index contributed by atoms with van der Waals surface area (Å²) in [6.45, 7) is 1.54. The Bertz CT molecular complexity index is 529. The Morgan fingerprint density at radius 1 is 0.724 bits per heavy atom. The van der Waals surface area contributed by atoms with Crippen molar-refractivity contribution >= 4 is 5.78 Å². The first-order valence-electron chi connectivity index (χ1n) is 10.9. The van der Waals surface area contributed by atoms with Gasteiger partial charge < -0.3 is 15.3 Å². The Labute approximate surface area is 177 Å².